The van der Waals surface area contributed by atoms with Crippen LogP contribution in [0.5, 0.6) is 11.5 Å². The van der Waals surface area contributed by atoms with E-state index in [1.165, 1.54) is 19.2 Å². The van der Waals surface area contributed by atoms with Gasteiger partial charge in [0.25, 0.3) is 11.8 Å². The maximum Gasteiger partial charge on any atom is 0.255 e. The second-order valence-electron chi connectivity index (χ2n) is 7.11. The number of likely N-dealkylation sites (N-methyl/N-ethyl adjacent to an activating group) is 1. The number of rotatable bonds is 4. The number of benzene rings is 2. The molecule has 0 saturated carbocycles. The third-order valence-corrected chi connectivity index (χ3v) is 5.65. The van der Waals surface area contributed by atoms with Crippen molar-refractivity contribution in [2.45, 2.75) is 18.5 Å². The van der Waals surface area contributed by atoms with Crippen LogP contribution in [0.15, 0.2) is 36.4 Å². The average molecular weight is 384 g/mol. The number of hydrogen-bond donors (Lipinski definition) is 0. The van der Waals surface area contributed by atoms with Crippen LogP contribution in [0.25, 0.3) is 0 Å². The molecule has 2 amide bonds. The monoisotopic (exact) mass is 384 g/mol. The summed E-state index contributed by atoms with van der Waals surface area (Å²) in [6.07, 6.45) is 0.430. The Kier molecular flexibility index (Phi) is 4.25. The number of fused-ring (bicyclic) bond motifs is 2. The zero-order valence-electron chi connectivity index (χ0n) is 16.0. The molecule has 4 rings (SSSR count). The van der Waals surface area contributed by atoms with E-state index in [1.54, 1.807) is 36.1 Å². The van der Waals surface area contributed by atoms with Crippen molar-refractivity contribution in [1.82, 2.24) is 9.80 Å². The van der Waals surface area contributed by atoms with Crippen molar-refractivity contribution in [2.24, 2.45) is 0 Å². The highest BCUT2D eigenvalue weighted by molar-refractivity contribution is 6.08. The van der Waals surface area contributed by atoms with Gasteiger partial charge in [0, 0.05) is 38.2 Å². The van der Waals surface area contributed by atoms with Crippen LogP contribution < -0.4 is 9.47 Å². The molecule has 0 bridgehead atoms. The number of halogens is 1. The smallest absolute Gasteiger partial charge is 0.255 e. The Morgan fingerprint density at radius 3 is 2.39 bits per heavy atom. The molecule has 0 radical (unpaired) electrons. The molecule has 2 aromatic rings. The van der Waals surface area contributed by atoms with E-state index in [4.69, 9.17) is 9.47 Å². The van der Waals surface area contributed by atoms with Gasteiger partial charge in [-0.2, -0.15) is 0 Å². The first-order valence-corrected chi connectivity index (χ1v) is 9.01. The van der Waals surface area contributed by atoms with Gasteiger partial charge in [-0.25, -0.2) is 4.39 Å². The maximum absolute atomic E-state index is 14.1. The molecule has 1 saturated heterocycles. The van der Waals surface area contributed by atoms with Crippen LogP contribution in [0.4, 0.5) is 4.39 Å². The molecule has 0 N–H and O–H groups in total. The van der Waals surface area contributed by atoms with Crippen molar-refractivity contribution in [3.05, 3.63) is 58.9 Å². The van der Waals surface area contributed by atoms with Gasteiger partial charge in [0.2, 0.25) is 0 Å². The molecule has 0 aliphatic carbocycles. The van der Waals surface area contributed by atoms with Gasteiger partial charge in [0.1, 0.15) is 17.3 Å². The summed E-state index contributed by atoms with van der Waals surface area (Å²) in [5.41, 5.74) is 0.321. The Morgan fingerprint density at radius 2 is 1.82 bits per heavy atom. The fourth-order valence-electron chi connectivity index (χ4n) is 4.25. The van der Waals surface area contributed by atoms with Gasteiger partial charge < -0.3 is 19.3 Å². The van der Waals surface area contributed by atoms with Crippen LogP contribution >= 0.6 is 0 Å². The zero-order valence-corrected chi connectivity index (χ0v) is 16.0. The van der Waals surface area contributed by atoms with Crippen molar-refractivity contribution in [1.29, 1.82) is 0 Å². The van der Waals surface area contributed by atoms with E-state index in [0.717, 1.165) is 5.56 Å². The maximum atomic E-state index is 14.1. The highest BCUT2D eigenvalue weighted by Gasteiger charge is 2.60. The summed E-state index contributed by atoms with van der Waals surface area (Å²) in [5, 5.41) is 0. The highest BCUT2D eigenvalue weighted by Crippen LogP contribution is 2.50. The summed E-state index contributed by atoms with van der Waals surface area (Å²) in [4.78, 5) is 29.7. The lowest BCUT2D eigenvalue weighted by Crippen LogP contribution is -2.48. The Labute approximate surface area is 162 Å². The lowest BCUT2D eigenvalue weighted by molar-refractivity contribution is -0.136. The van der Waals surface area contributed by atoms with E-state index in [-0.39, 0.29) is 29.7 Å². The van der Waals surface area contributed by atoms with Crippen LogP contribution in [0.2, 0.25) is 0 Å². The minimum Gasteiger partial charge on any atom is -0.497 e. The predicted molar refractivity (Wildman–Crippen MR) is 99.8 cm³/mol. The molecular formula is C21H21FN2O4. The molecular weight excluding hydrogens is 363 g/mol. The molecule has 7 heteroatoms. The summed E-state index contributed by atoms with van der Waals surface area (Å²) in [6, 6.07) is 9.74. The Morgan fingerprint density at radius 1 is 1.11 bits per heavy atom. The van der Waals surface area contributed by atoms with E-state index in [0.29, 0.717) is 24.3 Å². The Bertz CT molecular complexity index is 960. The summed E-state index contributed by atoms with van der Waals surface area (Å²) in [5.74, 6) is -0.186. The van der Waals surface area contributed by atoms with E-state index >= 15 is 0 Å². The Balaban J connectivity index is 1.85. The second kappa shape index (κ2) is 6.51. The van der Waals surface area contributed by atoms with Crippen molar-refractivity contribution in [3.8, 4) is 11.5 Å². The molecule has 2 aliphatic rings. The molecule has 2 aliphatic heterocycles. The lowest BCUT2D eigenvalue weighted by Gasteiger charge is -2.34. The number of likely N-dealkylation sites (tertiary alicyclic amines) is 1. The molecule has 2 aromatic carbocycles. The first kappa shape index (κ1) is 18.3. The fourth-order valence-corrected chi connectivity index (χ4v) is 4.25. The van der Waals surface area contributed by atoms with Gasteiger partial charge in [0.05, 0.1) is 19.8 Å². The fraction of sp³-hybridized carbons (Fsp3) is 0.333. The molecule has 1 fully saturated rings. The van der Waals surface area contributed by atoms with E-state index in [1.807, 2.05) is 12.1 Å². The zero-order chi connectivity index (χ0) is 20.1. The van der Waals surface area contributed by atoms with E-state index in [9.17, 15) is 14.0 Å². The SMILES string of the molecule is COc1ccc(CN2C(=O)c3cc(F)cc(OC)c3C23CCN(C)C3=O)cc1. The summed E-state index contributed by atoms with van der Waals surface area (Å²) >= 11 is 0. The Hall–Kier alpha value is -3.09. The minimum absolute atomic E-state index is 0.182. The van der Waals surface area contributed by atoms with Gasteiger partial charge in [-0.3, -0.25) is 9.59 Å². The summed E-state index contributed by atoms with van der Waals surface area (Å²) in [6.45, 7) is 0.729. The first-order valence-electron chi connectivity index (χ1n) is 9.01. The molecule has 146 valence electrons. The second-order valence-corrected chi connectivity index (χ2v) is 7.11. The number of methoxy groups -OCH3 is 2. The van der Waals surface area contributed by atoms with E-state index < -0.39 is 11.4 Å². The van der Waals surface area contributed by atoms with Gasteiger partial charge in [-0.05, 0) is 23.8 Å². The molecule has 2 heterocycles. The highest BCUT2D eigenvalue weighted by atomic mass is 19.1. The quantitative estimate of drug-likeness (QED) is 0.813. The van der Waals surface area contributed by atoms with Gasteiger partial charge >= 0.3 is 0 Å². The van der Waals surface area contributed by atoms with Crippen LogP contribution in [-0.4, -0.2) is 49.4 Å². The van der Waals surface area contributed by atoms with Gasteiger partial charge in [-0.15, -0.1) is 0 Å². The third-order valence-electron chi connectivity index (χ3n) is 5.65. The molecule has 0 aromatic heterocycles. The molecule has 1 atom stereocenters. The average Bonchev–Trinajstić information content (AvgIpc) is 3.12. The lowest BCUT2D eigenvalue weighted by atomic mass is 9.86. The number of ether oxygens (including phenoxy) is 2. The number of carbonyl (C=O) groups is 2. The third kappa shape index (κ3) is 2.46. The summed E-state index contributed by atoms with van der Waals surface area (Å²) in [7, 11) is 4.71. The standard InChI is InChI=1S/C21H21FN2O4/c1-23-9-8-21(20(23)26)18-16(10-14(22)11-17(18)28-3)19(25)24(21)12-13-4-6-15(27-2)7-5-13/h4-7,10-11H,8-9,12H2,1-3H3. The molecule has 1 spiro atoms. The van der Waals surface area contributed by atoms with Gasteiger partial charge in [-0.1, -0.05) is 12.1 Å². The molecule has 28 heavy (non-hydrogen) atoms. The molecule has 6 nitrogen and oxygen atoms in total. The number of amides is 2. The summed E-state index contributed by atoms with van der Waals surface area (Å²) < 4.78 is 24.7. The normalized spacial score (nSPS) is 20.9. The van der Waals surface area contributed by atoms with Crippen LogP contribution in [0.3, 0.4) is 0 Å². The number of hydrogen-bond acceptors (Lipinski definition) is 4. The van der Waals surface area contributed by atoms with Gasteiger partial charge in [0.15, 0.2) is 5.54 Å². The number of carbonyl (C=O) groups excluding carboxylic acids is 2. The largest absolute Gasteiger partial charge is 0.497 e. The van der Waals surface area contributed by atoms with Crippen LogP contribution in [0.1, 0.15) is 27.9 Å². The van der Waals surface area contributed by atoms with Crippen molar-refractivity contribution in [2.75, 3.05) is 27.8 Å². The van der Waals surface area contributed by atoms with Crippen molar-refractivity contribution < 1.29 is 23.5 Å². The predicted octanol–water partition coefficient (Wildman–Crippen LogP) is 2.56. The van der Waals surface area contributed by atoms with Crippen LogP contribution in [0, 0.1) is 5.82 Å². The topological polar surface area (TPSA) is 59.1 Å². The number of nitrogens with zero attached hydrogens (tertiary/aromatic N) is 2. The van der Waals surface area contributed by atoms with Crippen LogP contribution in [-0.2, 0) is 16.9 Å². The van der Waals surface area contributed by atoms with Crippen molar-refractivity contribution >= 4 is 11.8 Å². The minimum atomic E-state index is -1.18. The molecule has 1 unspecified atom stereocenters. The first-order chi connectivity index (χ1) is 13.4. The van der Waals surface area contributed by atoms with E-state index in [2.05, 4.69) is 0 Å². The van der Waals surface area contributed by atoms with Crippen molar-refractivity contribution in [3.63, 3.8) is 0 Å².